The van der Waals surface area contributed by atoms with Gasteiger partial charge in [0.2, 0.25) is 0 Å². The molecule has 3 rings (SSSR count). The van der Waals surface area contributed by atoms with E-state index in [1.54, 1.807) is 13.8 Å². The van der Waals surface area contributed by atoms with Crippen LogP contribution in [0.15, 0.2) is 71.6 Å². The minimum absolute atomic E-state index is 0.0330. The number of halogens is 3. The molecule has 1 amide bonds. The van der Waals surface area contributed by atoms with E-state index >= 15 is 0 Å². The van der Waals surface area contributed by atoms with E-state index in [9.17, 15) is 31.2 Å². The minimum atomic E-state index is -4.50. The van der Waals surface area contributed by atoms with Gasteiger partial charge in [-0.3, -0.25) is 9.10 Å². The molecule has 0 fully saturated rings. The number of hydrogen-bond donors (Lipinski definition) is 1. The Morgan fingerprint density at radius 2 is 1.58 bits per heavy atom. The number of benzene rings is 3. The van der Waals surface area contributed by atoms with Gasteiger partial charge in [-0.2, -0.15) is 13.2 Å². The first-order valence-electron chi connectivity index (χ1n) is 10.7. The molecule has 190 valence electrons. The molecule has 0 aliphatic rings. The maximum atomic E-state index is 13.3. The van der Waals surface area contributed by atoms with Gasteiger partial charge in [-0.25, -0.2) is 13.2 Å². The van der Waals surface area contributed by atoms with Crippen molar-refractivity contribution in [2.45, 2.75) is 24.9 Å². The predicted molar refractivity (Wildman–Crippen MR) is 129 cm³/mol. The van der Waals surface area contributed by atoms with Gasteiger partial charge in [-0.15, -0.1) is 0 Å². The Hall–Kier alpha value is -3.86. The van der Waals surface area contributed by atoms with Gasteiger partial charge in [-0.1, -0.05) is 6.07 Å². The molecule has 0 bridgehead atoms. The van der Waals surface area contributed by atoms with Crippen LogP contribution in [-0.4, -0.2) is 33.9 Å². The van der Waals surface area contributed by atoms with Gasteiger partial charge >= 0.3 is 12.1 Å². The van der Waals surface area contributed by atoms with Gasteiger partial charge in [0.1, 0.15) is 0 Å². The third-order valence-electron chi connectivity index (χ3n) is 5.38. The number of carbonyl (C=O) groups is 2. The number of methoxy groups -OCH3 is 1. The third kappa shape index (κ3) is 5.68. The minimum Gasteiger partial charge on any atom is -0.465 e. The van der Waals surface area contributed by atoms with Crippen molar-refractivity contribution in [1.29, 1.82) is 0 Å². The van der Waals surface area contributed by atoms with Crippen molar-refractivity contribution in [2.24, 2.45) is 0 Å². The summed E-state index contributed by atoms with van der Waals surface area (Å²) >= 11 is 0. The number of amides is 1. The van der Waals surface area contributed by atoms with Crippen LogP contribution in [0.5, 0.6) is 0 Å². The molecule has 0 unspecified atom stereocenters. The fourth-order valence-corrected chi connectivity index (χ4v) is 4.94. The molecule has 0 aromatic heterocycles. The lowest BCUT2D eigenvalue weighted by molar-refractivity contribution is -0.137. The summed E-state index contributed by atoms with van der Waals surface area (Å²) in [7, 11) is -2.83. The summed E-state index contributed by atoms with van der Waals surface area (Å²) in [6.07, 6.45) is -4.50. The number of carbonyl (C=O) groups excluding carboxylic acids is 2. The van der Waals surface area contributed by atoms with Crippen molar-refractivity contribution in [3.8, 4) is 0 Å². The lowest BCUT2D eigenvalue weighted by Gasteiger charge is -2.23. The number of aryl methyl sites for hydroxylation is 1. The van der Waals surface area contributed by atoms with Crippen LogP contribution in [0.1, 0.15) is 38.8 Å². The van der Waals surface area contributed by atoms with Crippen molar-refractivity contribution in [3.63, 3.8) is 0 Å². The van der Waals surface area contributed by atoms with Gasteiger partial charge in [0.15, 0.2) is 0 Å². The molecule has 1 N–H and O–H groups in total. The SMILES string of the molecule is CCN(c1ccc(NC(=O)c2ccc(C(F)(F)F)cc2)cc1)S(=O)(=O)c1ccc(C)c(C(=O)OC)c1. The number of nitrogens with one attached hydrogen (secondary N) is 1. The average Bonchev–Trinajstić information content (AvgIpc) is 2.84. The van der Waals surface area contributed by atoms with Crippen LogP contribution >= 0.6 is 0 Å². The lowest BCUT2D eigenvalue weighted by atomic mass is 10.1. The van der Waals surface area contributed by atoms with Gasteiger partial charge < -0.3 is 10.1 Å². The molecule has 3 aromatic rings. The van der Waals surface area contributed by atoms with E-state index in [1.165, 1.54) is 49.6 Å². The molecule has 0 saturated heterocycles. The maximum Gasteiger partial charge on any atom is 0.416 e. The smallest absolute Gasteiger partial charge is 0.416 e. The van der Waals surface area contributed by atoms with E-state index in [4.69, 9.17) is 4.74 Å². The van der Waals surface area contributed by atoms with Gasteiger partial charge in [0, 0.05) is 17.8 Å². The molecule has 3 aromatic carbocycles. The van der Waals surface area contributed by atoms with E-state index in [0.29, 0.717) is 16.9 Å². The molecule has 0 aliphatic carbocycles. The summed E-state index contributed by atoms with van der Waals surface area (Å²) in [6.45, 7) is 3.40. The summed E-state index contributed by atoms with van der Waals surface area (Å²) in [4.78, 5) is 24.3. The summed E-state index contributed by atoms with van der Waals surface area (Å²) in [5.41, 5.74) is 0.501. The Balaban J connectivity index is 1.81. The number of nitrogens with zero attached hydrogens (tertiary/aromatic N) is 1. The van der Waals surface area contributed by atoms with Crippen molar-refractivity contribution in [3.05, 3.63) is 89.0 Å². The van der Waals surface area contributed by atoms with Gasteiger partial charge in [0.05, 0.1) is 28.8 Å². The molecule has 7 nitrogen and oxygen atoms in total. The molecule has 0 atom stereocenters. The van der Waals surface area contributed by atoms with Crippen molar-refractivity contribution >= 4 is 33.3 Å². The Labute approximate surface area is 206 Å². The molecule has 0 radical (unpaired) electrons. The molecule has 0 aliphatic heterocycles. The normalized spacial score (nSPS) is 11.6. The first-order chi connectivity index (χ1) is 16.9. The first kappa shape index (κ1) is 26.7. The highest BCUT2D eigenvalue weighted by Gasteiger charge is 2.30. The fraction of sp³-hybridized carbons (Fsp3) is 0.200. The molecule has 0 spiro atoms. The molecule has 36 heavy (non-hydrogen) atoms. The zero-order chi connectivity index (χ0) is 26.7. The Kier molecular flexibility index (Phi) is 7.73. The number of rotatable bonds is 7. The van der Waals surface area contributed by atoms with E-state index < -0.39 is 33.6 Å². The standard InChI is InChI=1S/C25H23F3N2O5S/c1-4-30(36(33,34)21-14-5-16(2)22(15-21)24(32)35-3)20-12-10-19(11-13-20)29-23(31)17-6-8-18(9-7-17)25(26,27)28/h5-15H,4H2,1-3H3,(H,29,31). The molecular weight excluding hydrogens is 497 g/mol. The Morgan fingerprint density at radius 3 is 2.11 bits per heavy atom. The van der Waals surface area contributed by atoms with Crippen LogP contribution in [0.3, 0.4) is 0 Å². The zero-order valence-corrected chi connectivity index (χ0v) is 20.4. The summed E-state index contributed by atoms with van der Waals surface area (Å²) in [5, 5.41) is 2.56. The van der Waals surface area contributed by atoms with E-state index in [0.717, 1.165) is 28.6 Å². The van der Waals surface area contributed by atoms with Crippen molar-refractivity contribution in [2.75, 3.05) is 23.3 Å². The number of hydrogen-bond acceptors (Lipinski definition) is 5. The second-order valence-electron chi connectivity index (χ2n) is 7.71. The highest BCUT2D eigenvalue weighted by Crippen LogP contribution is 2.30. The van der Waals surface area contributed by atoms with Crippen LogP contribution in [0.25, 0.3) is 0 Å². The van der Waals surface area contributed by atoms with Gasteiger partial charge in [-0.05, 0) is 80.1 Å². The van der Waals surface area contributed by atoms with E-state index in [1.807, 2.05) is 0 Å². The first-order valence-corrected chi connectivity index (χ1v) is 12.1. The lowest BCUT2D eigenvalue weighted by Crippen LogP contribution is -2.31. The molecular formula is C25H23F3N2O5S. The number of anilines is 2. The largest absolute Gasteiger partial charge is 0.465 e. The Bertz CT molecular complexity index is 1370. The third-order valence-corrected chi connectivity index (χ3v) is 7.28. The maximum absolute atomic E-state index is 13.3. The van der Waals surface area contributed by atoms with E-state index in [-0.39, 0.29) is 22.6 Å². The number of ether oxygens (including phenoxy) is 1. The van der Waals surface area contributed by atoms with Crippen LogP contribution < -0.4 is 9.62 Å². The van der Waals surface area contributed by atoms with Crippen LogP contribution in [0.2, 0.25) is 0 Å². The van der Waals surface area contributed by atoms with Gasteiger partial charge in [0.25, 0.3) is 15.9 Å². The predicted octanol–water partition coefficient (Wildman–Crippen LogP) is 5.27. The second kappa shape index (κ2) is 10.4. The van der Waals surface area contributed by atoms with Crippen molar-refractivity contribution in [1.82, 2.24) is 0 Å². The number of sulfonamides is 1. The molecule has 0 heterocycles. The second-order valence-corrected chi connectivity index (χ2v) is 9.58. The number of alkyl halides is 3. The quantitative estimate of drug-likeness (QED) is 0.429. The number of esters is 1. The van der Waals surface area contributed by atoms with Crippen LogP contribution in [0, 0.1) is 6.92 Å². The topological polar surface area (TPSA) is 92.8 Å². The highest BCUT2D eigenvalue weighted by molar-refractivity contribution is 7.92. The van der Waals surface area contributed by atoms with Crippen molar-refractivity contribution < 1.29 is 35.9 Å². The summed E-state index contributed by atoms with van der Waals surface area (Å²) < 4.78 is 70.6. The zero-order valence-electron chi connectivity index (χ0n) is 19.6. The van der Waals surface area contributed by atoms with Crippen LogP contribution in [-0.2, 0) is 20.9 Å². The summed E-state index contributed by atoms with van der Waals surface area (Å²) in [5.74, 6) is -1.27. The average molecular weight is 521 g/mol. The molecule has 11 heteroatoms. The fourth-order valence-electron chi connectivity index (χ4n) is 3.43. The van der Waals surface area contributed by atoms with E-state index in [2.05, 4.69) is 5.32 Å². The summed E-state index contributed by atoms with van der Waals surface area (Å²) in [6, 6.07) is 13.9. The monoisotopic (exact) mass is 520 g/mol. The Morgan fingerprint density at radius 1 is 0.972 bits per heavy atom. The highest BCUT2D eigenvalue weighted by atomic mass is 32.2. The van der Waals surface area contributed by atoms with Crippen LogP contribution in [0.4, 0.5) is 24.5 Å². The molecule has 0 saturated carbocycles.